The molecule has 0 radical (unpaired) electrons. The first-order valence-corrected chi connectivity index (χ1v) is 9.12. The Kier molecular flexibility index (Phi) is 6.26. The molecule has 0 bridgehead atoms. The molecule has 5 heteroatoms. The van der Waals surface area contributed by atoms with E-state index in [0.717, 1.165) is 16.9 Å². The Hall–Kier alpha value is -2.82. The molecule has 0 heterocycles. The lowest BCUT2D eigenvalue weighted by Crippen LogP contribution is -2.41. The van der Waals surface area contributed by atoms with E-state index in [-0.39, 0.29) is 17.7 Å². The molecule has 0 aliphatic carbocycles. The summed E-state index contributed by atoms with van der Waals surface area (Å²) in [5.74, 6) is -0.411. The van der Waals surface area contributed by atoms with E-state index >= 15 is 0 Å². The van der Waals surface area contributed by atoms with Crippen molar-refractivity contribution < 1.29 is 9.59 Å². The van der Waals surface area contributed by atoms with E-state index in [0.29, 0.717) is 5.69 Å². The zero-order valence-corrected chi connectivity index (χ0v) is 17.0. The smallest absolute Gasteiger partial charge is 0.239 e. The fourth-order valence-corrected chi connectivity index (χ4v) is 2.63. The molecule has 2 aromatic rings. The molecule has 0 saturated carbocycles. The van der Waals surface area contributed by atoms with Gasteiger partial charge in [-0.25, -0.2) is 0 Å². The summed E-state index contributed by atoms with van der Waals surface area (Å²) < 4.78 is 0. The number of benzene rings is 2. The van der Waals surface area contributed by atoms with Crippen LogP contribution in [-0.4, -0.2) is 25.9 Å². The number of nitrogens with one attached hydrogen (secondary N) is 2. The van der Waals surface area contributed by atoms with Gasteiger partial charge in [0.2, 0.25) is 11.8 Å². The van der Waals surface area contributed by atoms with Crippen molar-refractivity contribution in [1.82, 2.24) is 0 Å². The van der Waals surface area contributed by atoms with E-state index in [2.05, 4.69) is 24.5 Å². The maximum Gasteiger partial charge on any atom is 0.239 e. The topological polar surface area (TPSA) is 61.4 Å². The Balaban J connectivity index is 2.12. The molecule has 144 valence electrons. The molecule has 2 N–H and O–H groups in total. The van der Waals surface area contributed by atoms with Crippen molar-refractivity contribution in [2.75, 3.05) is 29.6 Å². The van der Waals surface area contributed by atoms with E-state index in [1.807, 2.05) is 67.5 Å². The molecule has 0 aromatic heterocycles. The van der Waals surface area contributed by atoms with Gasteiger partial charge in [-0.3, -0.25) is 9.59 Å². The van der Waals surface area contributed by atoms with Crippen molar-refractivity contribution in [1.29, 1.82) is 0 Å². The van der Waals surface area contributed by atoms with Gasteiger partial charge >= 0.3 is 0 Å². The lowest BCUT2D eigenvalue weighted by Gasteiger charge is -2.24. The highest BCUT2D eigenvalue weighted by Crippen LogP contribution is 2.27. The highest BCUT2D eigenvalue weighted by atomic mass is 16.2. The van der Waals surface area contributed by atoms with Crippen LogP contribution < -0.4 is 15.5 Å². The third-order valence-corrected chi connectivity index (χ3v) is 4.61. The SMILES string of the molecule is CC(C)c1ccccc1NC(=O)C(C)(C)C(=O)Nc1ccc(N(C)C)cc1. The van der Waals surface area contributed by atoms with Crippen LogP contribution in [0.25, 0.3) is 0 Å². The summed E-state index contributed by atoms with van der Waals surface area (Å²) in [6, 6.07) is 15.2. The third kappa shape index (κ3) is 4.88. The van der Waals surface area contributed by atoms with Gasteiger partial charge in [-0.1, -0.05) is 32.0 Å². The van der Waals surface area contributed by atoms with Crippen LogP contribution in [0.1, 0.15) is 39.2 Å². The van der Waals surface area contributed by atoms with Crippen molar-refractivity contribution in [2.45, 2.75) is 33.6 Å². The molecular formula is C22H29N3O2. The average Bonchev–Trinajstić information content (AvgIpc) is 2.62. The maximum atomic E-state index is 12.8. The highest BCUT2D eigenvalue weighted by Gasteiger charge is 2.36. The molecule has 0 atom stereocenters. The fourth-order valence-electron chi connectivity index (χ4n) is 2.63. The zero-order valence-electron chi connectivity index (χ0n) is 17.0. The monoisotopic (exact) mass is 367 g/mol. The minimum absolute atomic E-state index is 0.272. The van der Waals surface area contributed by atoms with Crippen LogP contribution in [0.15, 0.2) is 48.5 Å². The molecule has 2 aromatic carbocycles. The molecule has 2 rings (SSSR count). The molecule has 0 fully saturated rings. The molecule has 0 saturated heterocycles. The molecule has 0 aliphatic heterocycles. The lowest BCUT2D eigenvalue weighted by molar-refractivity contribution is -0.135. The molecule has 5 nitrogen and oxygen atoms in total. The Bertz CT molecular complexity index is 809. The summed E-state index contributed by atoms with van der Waals surface area (Å²) in [5.41, 5.74) is 2.27. The highest BCUT2D eigenvalue weighted by molar-refractivity contribution is 6.14. The summed E-state index contributed by atoms with van der Waals surface area (Å²) in [5, 5.41) is 5.75. The predicted octanol–water partition coefficient (Wildman–Crippen LogP) is 4.48. The van der Waals surface area contributed by atoms with Gasteiger partial charge in [-0.05, 0) is 55.7 Å². The van der Waals surface area contributed by atoms with Gasteiger partial charge in [0, 0.05) is 31.2 Å². The molecule has 27 heavy (non-hydrogen) atoms. The van der Waals surface area contributed by atoms with Crippen molar-refractivity contribution in [3.8, 4) is 0 Å². The molecule has 0 spiro atoms. The standard InChI is InChI=1S/C22H29N3O2/c1-15(2)18-9-7-8-10-19(18)24-21(27)22(3,4)20(26)23-16-11-13-17(14-12-16)25(5)6/h7-15H,1-6H3,(H,23,26)(H,24,27). The second-order valence-electron chi connectivity index (χ2n) is 7.72. The first-order valence-electron chi connectivity index (χ1n) is 9.12. The molecule has 2 amide bonds. The van der Waals surface area contributed by atoms with E-state index in [9.17, 15) is 9.59 Å². The number of hydrogen-bond acceptors (Lipinski definition) is 3. The van der Waals surface area contributed by atoms with Crippen LogP contribution in [0, 0.1) is 5.41 Å². The number of hydrogen-bond donors (Lipinski definition) is 2. The van der Waals surface area contributed by atoms with Gasteiger partial charge in [0.15, 0.2) is 0 Å². The van der Waals surface area contributed by atoms with Crippen molar-refractivity contribution in [3.63, 3.8) is 0 Å². The quantitative estimate of drug-likeness (QED) is 0.740. The Morgan fingerprint density at radius 1 is 0.889 bits per heavy atom. The van der Waals surface area contributed by atoms with E-state index in [1.54, 1.807) is 13.8 Å². The van der Waals surface area contributed by atoms with Gasteiger partial charge in [-0.15, -0.1) is 0 Å². The van der Waals surface area contributed by atoms with Gasteiger partial charge in [0.1, 0.15) is 5.41 Å². The van der Waals surface area contributed by atoms with Crippen molar-refractivity contribution >= 4 is 28.9 Å². The van der Waals surface area contributed by atoms with Gasteiger partial charge in [0.05, 0.1) is 0 Å². The second kappa shape index (κ2) is 8.25. The number of carbonyl (C=O) groups excluding carboxylic acids is 2. The summed E-state index contributed by atoms with van der Waals surface area (Å²) in [6.45, 7) is 7.40. The Morgan fingerprint density at radius 2 is 1.44 bits per heavy atom. The van der Waals surface area contributed by atoms with Crippen LogP contribution in [-0.2, 0) is 9.59 Å². The second-order valence-corrected chi connectivity index (χ2v) is 7.72. The van der Waals surface area contributed by atoms with Crippen LogP contribution in [0.2, 0.25) is 0 Å². The maximum absolute atomic E-state index is 12.8. The molecular weight excluding hydrogens is 338 g/mol. The lowest BCUT2D eigenvalue weighted by atomic mass is 9.90. The summed E-state index contributed by atoms with van der Waals surface area (Å²) >= 11 is 0. The van der Waals surface area contributed by atoms with E-state index in [1.165, 1.54) is 0 Å². The summed E-state index contributed by atoms with van der Waals surface area (Å²) in [4.78, 5) is 27.5. The number of para-hydroxylation sites is 1. The van der Waals surface area contributed by atoms with Crippen LogP contribution in [0.5, 0.6) is 0 Å². The van der Waals surface area contributed by atoms with Gasteiger partial charge in [-0.2, -0.15) is 0 Å². The predicted molar refractivity (Wildman–Crippen MR) is 112 cm³/mol. The van der Waals surface area contributed by atoms with Gasteiger partial charge in [0.25, 0.3) is 0 Å². The number of anilines is 3. The number of rotatable bonds is 6. The number of nitrogens with zero attached hydrogens (tertiary/aromatic N) is 1. The number of amides is 2. The van der Waals surface area contributed by atoms with E-state index < -0.39 is 5.41 Å². The Labute approximate surface area is 161 Å². The van der Waals surface area contributed by atoms with E-state index in [4.69, 9.17) is 0 Å². The van der Waals surface area contributed by atoms with Crippen LogP contribution >= 0.6 is 0 Å². The largest absolute Gasteiger partial charge is 0.378 e. The minimum Gasteiger partial charge on any atom is -0.378 e. The van der Waals surface area contributed by atoms with Crippen LogP contribution in [0.3, 0.4) is 0 Å². The minimum atomic E-state index is -1.22. The van der Waals surface area contributed by atoms with Crippen molar-refractivity contribution in [3.05, 3.63) is 54.1 Å². The third-order valence-electron chi connectivity index (χ3n) is 4.61. The normalized spacial score (nSPS) is 11.2. The zero-order chi connectivity index (χ0) is 20.2. The fraction of sp³-hybridized carbons (Fsp3) is 0.364. The Morgan fingerprint density at radius 3 is 2.00 bits per heavy atom. The first-order chi connectivity index (χ1) is 12.6. The number of carbonyl (C=O) groups is 2. The van der Waals surface area contributed by atoms with Crippen LogP contribution in [0.4, 0.5) is 17.1 Å². The van der Waals surface area contributed by atoms with Crippen molar-refractivity contribution in [2.24, 2.45) is 5.41 Å². The summed E-state index contributed by atoms with van der Waals surface area (Å²) in [6.07, 6.45) is 0. The molecule has 0 aliphatic rings. The molecule has 0 unspecified atom stereocenters. The first kappa shape index (κ1) is 20.5. The van der Waals surface area contributed by atoms with Gasteiger partial charge < -0.3 is 15.5 Å². The summed E-state index contributed by atoms with van der Waals surface area (Å²) in [7, 11) is 3.91. The average molecular weight is 367 g/mol.